The molecule has 0 spiro atoms. The molecule has 4 rings (SSSR count). The van der Waals surface area contributed by atoms with E-state index in [0.717, 1.165) is 61.3 Å². The van der Waals surface area contributed by atoms with Gasteiger partial charge in [-0.2, -0.15) is 10.1 Å². The van der Waals surface area contributed by atoms with Gasteiger partial charge in [0.2, 0.25) is 11.9 Å². The first-order valence-electron chi connectivity index (χ1n) is 11.2. The Bertz CT molecular complexity index is 900. The van der Waals surface area contributed by atoms with Crippen LogP contribution in [-0.2, 0) is 9.53 Å². The van der Waals surface area contributed by atoms with Gasteiger partial charge in [-0.05, 0) is 61.8 Å². The van der Waals surface area contributed by atoms with Crippen LogP contribution in [0.25, 0.3) is 0 Å². The summed E-state index contributed by atoms with van der Waals surface area (Å²) in [6.07, 6.45) is 9.51. The van der Waals surface area contributed by atoms with Crippen molar-refractivity contribution in [3.05, 3.63) is 23.1 Å². The van der Waals surface area contributed by atoms with E-state index in [9.17, 15) is 4.79 Å². The van der Waals surface area contributed by atoms with Crippen LogP contribution in [0.4, 0.5) is 17.5 Å². The van der Waals surface area contributed by atoms with E-state index in [2.05, 4.69) is 53.6 Å². The van der Waals surface area contributed by atoms with Gasteiger partial charge < -0.3 is 25.2 Å². The molecule has 4 heterocycles. The SMILES string of the molecule is CN1CCC(n2cc(Nc3ncc(Br)c(NCCCN4CCCOCC4=O)n3)cn2)CC1. The first-order chi connectivity index (χ1) is 15.6. The van der Waals surface area contributed by atoms with Crippen molar-refractivity contribution in [3.63, 3.8) is 0 Å². The number of aromatic nitrogens is 4. The molecule has 2 aliphatic heterocycles. The summed E-state index contributed by atoms with van der Waals surface area (Å²) < 4.78 is 8.13. The number of carbonyl (C=O) groups is 1. The van der Waals surface area contributed by atoms with Crippen molar-refractivity contribution < 1.29 is 9.53 Å². The van der Waals surface area contributed by atoms with Crippen molar-refractivity contribution >= 4 is 39.3 Å². The number of piperidine rings is 1. The number of nitrogens with zero attached hydrogens (tertiary/aromatic N) is 6. The smallest absolute Gasteiger partial charge is 0.248 e. The Morgan fingerprint density at radius 1 is 1.25 bits per heavy atom. The zero-order chi connectivity index (χ0) is 22.3. The van der Waals surface area contributed by atoms with E-state index in [1.807, 2.05) is 22.0 Å². The lowest BCUT2D eigenvalue weighted by atomic mass is 10.1. The maximum Gasteiger partial charge on any atom is 0.248 e. The summed E-state index contributed by atoms with van der Waals surface area (Å²) in [5.41, 5.74) is 0.874. The molecular weight excluding hydrogens is 476 g/mol. The average molecular weight is 507 g/mol. The van der Waals surface area contributed by atoms with Gasteiger partial charge in [0.25, 0.3) is 0 Å². The van der Waals surface area contributed by atoms with Crippen LogP contribution >= 0.6 is 15.9 Å². The summed E-state index contributed by atoms with van der Waals surface area (Å²) >= 11 is 3.51. The Hall–Kier alpha value is -2.24. The molecule has 2 fully saturated rings. The molecule has 0 saturated carbocycles. The quantitative estimate of drug-likeness (QED) is 0.526. The minimum Gasteiger partial charge on any atom is -0.372 e. The molecule has 2 N–H and O–H groups in total. The van der Waals surface area contributed by atoms with Gasteiger partial charge in [-0.25, -0.2) is 4.98 Å². The molecule has 2 aromatic heterocycles. The van der Waals surface area contributed by atoms with Crippen molar-refractivity contribution in [2.24, 2.45) is 0 Å². The Morgan fingerprint density at radius 2 is 2.09 bits per heavy atom. The third-order valence-electron chi connectivity index (χ3n) is 5.86. The number of hydrogen-bond acceptors (Lipinski definition) is 8. The second-order valence-electron chi connectivity index (χ2n) is 8.33. The first kappa shape index (κ1) is 22.9. The molecule has 0 unspecified atom stereocenters. The van der Waals surface area contributed by atoms with Crippen LogP contribution in [0.1, 0.15) is 31.7 Å². The molecule has 0 bridgehead atoms. The monoisotopic (exact) mass is 506 g/mol. The minimum absolute atomic E-state index is 0.0676. The van der Waals surface area contributed by atoms with Crippen molar-refractivity contribution in [2.75, 3.05) is 63.6 Å². The predicted molar refractivity (Wildman–Crippen MR) is 126 cm³/mol. The van der Waals surface area contributed by atoms with Gasteiger partial charge in [0.05, 0.1) is 22.4 Å². The number of amides is 1. The van der Waals surface area contributed by atoms with Gasteiger partial charge in [0, 0.05) is 38.6 Å². The van der Waals surface area contributed by atoms with Crippen LogP contribution in [0.3, 0.4) is 0 Å². The summed E-state index contributed by atoms with van der Waals surface area (Å²) in [4.78, 5) is 25.2. The highest BCUT2D eigenvalue weighted by atomic mass is 79.9. The summed E-state index contributed by atoms with van der Waals surface area (Å²) in [7, 11) is 2.16. The van der Waals surface area contributed by atoms with Gasteiger partial charge in [-0.3, -0.25) is 9.48 Å². The summed E-state index contributed by atoms with van der Waals surface area (Å²) in [5.74, 6) is 1.30. The fraction of sp³-hybridized carbons (Fsp3) is 0.619. The zero-order valence-electron chi connectivity index (χ0n) is 18.5. The average Bonchev–Trinajstić information content (AvgIpc) is 3.15. The van der Waals surface area contributed by atoms with Gasteiger partial charge in [0.1, 0.15) is 12.4 Å². The van der Waals surface area contributed by atoms with Crippen molar-refractivity contribution in [1.29, 1.82) is 0 Å². The fourth-order valence-corrected chi connectivity index (χ4v) is 4.32. The molecule has 0 aliphatic carbocycles. The number of anilines is 3. The molecule has 0 aromatic carbocycles. The van der Waals surface area contributed by atoms with Gasteiger partial charge in [0.15, 0.2) is 0 Å². The normalized spacial score (nSPS) is 18.6. The molecule has 11 heteroatoms. The molecule has 174 valence electrons. The molecular formula is C21H31BrN8O2. The highest BCUT2D eigenvalue weighted by molar-refractivity contribution is 9.10. The molecule has 2 aromatic rings. The maximum atomic E-state index is 12.0. The topological polar surface area (TPSA) is 100 Å². The Morgan fingerprint density at radius 3 is 2.94 bits per heavy atom. The van der Waals surface area contributed by atoms with Gasteiger partial charge >= 0.3 is 0 Å². The third-order valence-corrected chi connectivity index (χ3v) is 6.44. The minimum atomic E-state index is 0.0676. The van der Waals surface area contributed by atoms with Crippen molar-refractivity contribution in [2.45, 2.75) is 31.7 Å². The number of nitrogens with one attached hydrogen (secondary N) is 2. The maximum absolute atomic E-state index is 12.0. The van der Waals surface area contributed by atoms with Crippen molar-refractivity contribution in [1.82, 2.24) is 29.5 Å². The second kappa shape index (κ2) is 11.1. The van der Waals surface area contributed by atoms with Crippen LogP contribution in [0.2, 0.25) is 0 Å². The van der Waals surface area contributed by atoms with Crippen LogP contribution in [0.15, 0.2) is 23.1 Å². The molecule has 2 aliphatic rings. The Labute approximate surface area is 196 Å². The van der Waals surface area contributed by atoms with Crippen LogP contribution < -0.4 is 10.6 Å². The number of halogens is 1. The van der Waals surface area contributed by atoms with E-state index in [4.69, 9.17) is 4.74 Å². The molecule has 10 nitrogen and oxygen atoms in total. The van der Waals surface area contributed by atoms with E-state index >= 15 is 0 Å². The lowest BCUT2D eigenvalue weighted by Crippen LogP contribution is -2.34. The number of likely N-dealkylation sites (tertiary alicyclic amines) is 1. The molecule has 32 heavy (non-hydrogen) atoms. The van der Waals surface area contributed by atoms with Crippen LogP contribution in [-0.4, -0.2) is 88.4 Å². The standard InChI is InChI=1S/C21H31BrN8O2/c1-28-9-4-17(5-10-28)30-14-16(12-25-30)26-21-24-13-18(22)20(27-21)23-6-2-7-29-8-3-11-32-15-19(29)31/h12-14,17H,2-11,15H2,1H3,(H2,23,24,26,27). The fourth-order valence-electron chi connectivity index (χ4n) is 3.99. The molecule has 1 amide bonds. The molecule has 2 saturated heterocycles. The number of carbonyl (C=O) groups excluding carboxylic acids is 1. The van der Waals surface area contributed by atoms with E-state index < -0.39 is 0 Å². The molecule has 0 radical (unpaired) electrons. The highest BCUT2D eigenvalue weighted by Crippen LogP contribution is 2.25. The number of rotatable bonds is 8. The van der Waals surface area contributed by atoms with Gasteiger partial charge in [-0.15, -0.1) is 0 Å². The number of hydrogen-bond donors (Lipinski definition) is 2. The first-order valence-corrected chi connectivity index (χ1v) is 12.0. The Kier molecular flexibility index (Phi) is 7.93. The van der Waals surface area contributed by atoms with E-state index in [-0.39, 0.29) is 12.5 Å². The van der Waals surface area contributed by atoms with Gasteiger partial charge in [-0.1, -0.05) is 0 Å². The van der Waals surface area contributed by atoms with Crippen LogP contribution in [0.5, 0.6) is 0 Å². The van der Waals surface area contributed by atoms with E-state index in [1.165, 1.54) is 0 Å². The summed E-state index contributed by atoms with van der Waals surface area (Å²) in [5, 5.41) is 11.1. The number of ether oxygens (including phenoxy) is 1. The van der Waals surface area contributed by atoms with E-state index in [0.29, 0.717) is 31.7 Å². The molecule has 0 atom stereocenters. The lowest BCUT2D eigenvalue weighted by molar-refractivity contribution is -0.133. The lowest BCUT2D eigenvalue weighted by Gasteiger charge is -2.28. The van der Waals surface area contributed by atoms with Crippen molar-refractivity contribution in [3.8, 4) is 0 Å². The second-order valence-corrected chi connectivity index (χ2v) is 9.18. The van der Waals surface area contributed by atoms with E-state index in [1.54, 1.807) is 6.20 Å². The largest absolute Gasteiger partial charge is 0.372 e. The van der Waals surface area contributed by atoms with Crippen LogP contribution in [0, 0.1) is 0 Å². The third kappa shape index (κ3) is 6.17. The Balaban J connectivity index is 1.28. The summed E-state index contributed by atoms with van der Waals surface area (Å²) in [6, 6.07) is 0.437. The predicted octanol–water partition coefficient (Wildman–Crippen LogP) is 2.50. The highest BCUT2D eigenvalue weighted by Gasteiger charge is 2.19. The summed E-state index contributed by atoms with van der Waals surface area (Å²) in [6.45, 7) is 5.20. The zero-order valence-corrected chi connectivity index (χ0v) is 20.1.